The molecule has 0 aliphatic carbocycles. The molecule has 0 aliphatic rings. The van der Waals surface area contributed by atoms with Crippen LogP contribution in [0, 0.1) is 0 Å². The van der Waals surface area contributed by atoms with Crippen LogP contribution >= 0.6 is 22.6 Å². The quantitative estimate of drug-likeness (QED) is 0.671. The smallest absolute Gasteiger partial charge is 0.303 e. The number of rotatable bonds is 5. The van der Waals surface area contributed by atoms with Crippen molar-refractivity contribution in [2.45, 2.75) is 19.3 Å². The highest BCUT2D eigenvalue weighted by molar-refractivity contribution is 14.1. The third-order valence-electron chi connectivity index (χ3n) is 2.00. The van der Waals surface area contributed by atoms with Crippen molar-refractivity contribution in [3.63, 3.8) is 0 Å². The molecule has 1 N–H and O–H groups in total. The molecule has 0 saturated heterocycles. The predicted octanol–water partition coefficient (Wildman–Crippen LogP) is 2.68. The molecule has 0 radical (unpaired) electrons. The lowest BCUT2D eigenvalue weighted by Crippen LogP contribution is -1.98. The second kappa shape index (κ2) is 6.01. The lowest BCUT2D eigenvalue weighted by atomic mass is 10.1. The molecule has 0 aromatic heterocycles. The Bertz CT molecular complexity index is 310. The number of alkyl halides is 1. The molecular weight excluding hydrogens is 291 g/mol. The van der Waals surface area contributed by atoms with E-state index in [-0.39, 0.29) is 6.42 Å². The Morgan fingerprint density at radius 1 is 1.29 bits per heavy atom. The Labute approximate surface area is 97.5 Å². The summed E-state index contributed by atoms with van der Waals surface area (Å²) in [7, 11) is 0. The van der Waals surface area contributed by atoms with Gasteiger partial charge < -0.3 is 5.11 Å². The number of aliphatic carboxylic acids is 1. The van der Waals surface area contributed by atoms with Crippen LogP contribution in [0.3, 0.4) is 0 Å². The fourth-order valence-corrected chi connectivity index (χ4v) is 1.92. The fraction of sp³-hybridized carbons (Fsp3) is 0.364. The average Bonchev–Trinajstić information content (AvgIpc) is 2.16. The van der Waals surface area contributed by atoms with E-state index in [0.717, 1.165) is 16.4 Å². The lowest BCUT2D eigenvalue weighted by Gasteiger charge is -2.02. The largest absolute Gasteiger partial charge is 0.481 e. The molecule has 1 aromatic carbocycles. The zero-order valence-corrected chi connectivity index (χ0v) is 10.0. The summed E-state index contributed by atoms with van der Waals surface area (Å²) in [5.74, 6) is -0.732. The van der Waals surface area contributed by atoms with Gasteiger partial charge >= 0.3 is 5.97 Å². The van der Waals surface area contributed by atoms with Gasteiger partial charge in [-0.2, -0.15) is 0 Å². The van der Waals surface area contributed by atoms with Crippen molar-refractivity contribution in [3.8, 4) is 0 Å². The summed E-state index contributed by atoms with van der Waals surface area (Å²) in [4.78, 5) is 10.4. The normalized spacial score (nSPS) is 10.1. The van der Waals surface area contributed by atoms with E-state index in [9.17, 15) is 4.79 Å². The van der Waals surface area contributed by atoms with Crippen LogP contribution in [0.4, 0.5) is 0 Å². The van der Waals surface area contributed by atoms with Gasteiger partial charge in [-0.1, -0.05) is 46.9 Å². The third kappa shape index (κ3) is 4.09. The van der Waals surface area contributed by atoms with Crippen LogP contribution in [-0.4, -0.2) is 15.5 Å². The first-order valence-electron chi connectivity index (χ1n) is 4.58. The topological polar surface area (TPSA) is 37.3 Å². The van der Waals surface area contributed by atoms with Crippen molar-refractivity contribution in [2.75, 3.05) is 4.43 Å². The number of hydrogen-bond acceptors (Lipinski definition) is 1. The fourth-order valence-electron chi connectivity index (χ4n) is 1.30. The van der Waals surface area contributed by atoms with Gasteiger partial charge in [0.25, 0.3) is 0 Å². The Balaban J connectivity index is 2.58. The van der Waals surface area contributed by atoms with Gasteiger partial charge in [0.2, 0.25) is 0 Å². The second-order valence-electron chi connectivity index (χ2n) is 3.15. The predicted molar refractivity (Wildman–Crippen MR) is 65.0 cm³/mol. The molecule has 76 valence electrons. The Morgan fingerprint density at radius 2 is 1.93 bits per heavy atom. The first-order chi connectivity index (χ1) is 6.72. The molecule has 0 fully saturated rings. The summed E-state index contributed by atoms with van der Waals surface area (Å²) in [6.07, 6.45) is 1.90. The van der Waals surface area contributed by atoms with Crippen molar-refractivity contribution in [1.82, 2.24) is 0 Å². The van der Waals surface area contributed by atoms with E-state index in [0.29, 0.717) is 6.42 Å². The van der Waals surface area contributed by atoms with Crippen molar-refractivity contribution in [3.05, 3.63) is 35.4 Å². The minimum Gasteiger partial charge on any atom is -0.481 e. The number of aryl methyl sites for hydroxylation is 2. The van der Waals surface area contributed by atoms with Crippen molar-refractivity contribution < 1.29 is 9.90 Å². The van der Waals surface area contributed by atoms with Gasteiger partial charge in [-0.25, -0.2) is 0 Å². The Kier molecular flexibility index (Phi) is 4.93. The number of benzene rings is 1. The molecule has 2 nitrogen and oxygen atoms in total. The molecular formula is C11H13IO2. The number of carboxylic acids is 1. The minimum absolute atomic E-state index is 0.216. The summed E-state index contributed by atoms with van der Waals surface area (Å²) in [5.41, 5.74) is 2.41. The molecule has 0 saturated carbocycles. The first kappa shape index (κ1) is 11.5. The van der Waals surface area contributed by atoms with Gasteiger partial charge in [0.1, 0.15) is 0 Å². The van der Waals surface area contributed by atoms with Crippen LogP contribution in [0.5, 0.6) is 0 Å². The summed E-state index contributed by atoms with van der Waals surface area (Å²) in [5, 5.41) is 8.55. The second-order valence-corrected chi connectivity index (χ2v) is 4.23. The van der Waals surface area contributed by atoms with Crippen molar-refractivity contribution in [1.29, 1.82) is 0 Å². The number of carboxylic acid groups (broad SMARTS) is 1. The van der Waals surface area contributed by atoms with Crippen LogP contribution < -0.4 is 0 Å². The average molecular weight is 304 g/mol. The maximum Gasteiger partial charge on any atom is 0.303 e. The Hall–Kier alpha value is -0.580. The molecule has 0 unspecified atom stereocenters. The standard InChI is InChI=1S/C11H13IO2/c12-7-6-10-3-1-2-9(8-10)4-5-11(13)14/h1-3,8H,4-7H2,(H,13,14). The van der Waals surface area contributed by atoms with Gasteiger partial charge in [0.05, 0.1) is 0 Å². The highest BCUT2D eigenvalue weighted by atomic mass is 127. The molecule has 1 rings (SSSR count). The summed E-state index contributed by atoms with van der Waals surface area (Å²) < 4.78 is 1.10. The highest BCUT2D eigenvalue weighted by Gasteiger charge is 1.99. The molecule has 0 aliphatic heterocycles. The van der Waals surface area contributed by atoms with Crippen LogP contribution in [0.15, 0.2) is 24.3 Å². The van der Waals surface area contributed by atoms with Gasteiger partial charge in [0, 0.05) is 10.8 Å². The van der Waals surface area contributed by atoms with E-state index in [4.69, 9.17) is 5.11 Å². The zero-order chi connectivity index (χ0) is 10.4. The van der Waals surface area contributed by atoms with Crippen molar-refractivity contribution >= 4 is 28.6 Å². The van der Waals surface area contributed by atoms with Gasteiger partial charge in [-0.3, -0.25) is 4.79 Å². The van der Waals surface area contributed by atoms with E-state index in [1.807, 2.05) is 12.1 Å². The van der Waals surface area contributed by atoms with Gasteiger partial charge in [-0.05, 0) is 24.0 Å². The minimum atomic E-state index is -0.732. The molecule has 0 spiro atoms. The lowest BCUT2D eigenvalue weighted by molar-refractivity contribution is -0.136. The van der Waals surface area contributed by atoms with Gasteiger partial charge in [-0.15, -0.1) is 0 Å². The SMILES string of the molecule is O=C(O)CCc1cccc(CCI)c1. The highest BCUT2D eigenvalue weighted by Crippen LogP contribution is 2.09. The molecule has 3 heteroatoms. The Morgan fingerprint density at radius 3 is 2.50 bits per heavy atom. The molecule has 0 heterocycles. The third-order valence-corrected chi connectivity index (χ3v) is 2.54. The molecule has 1 aromatic rings. The number of halogens is 1. The van der Waals surface area contributed by atoms with Crippen molar-refractivity contribution in [2.24, 2.45) is 0 Å². The summed E-state index contributed by atoms with van der Waals surface area (Å²) in [6.45, 7) is 0. The summed E-state index contributed by atoms with van der Waals surface area (Å²) >= 11 is 2.34. The monoisotopic (exact) mass is 304 g/mol. The number of carbonyl (C=O) groups is 1. The van der Waals surface area contributed by atoms with Gasteiger partial charge in [0.15, 0.2) is 0 Å². The number of hydrogen-bond donors (Lipinski definition) is 1. The van der Waals surface area contributed by atoms with Crippen LogP contribution in [0.25, 0.3) is 0 Å². The van der Waals surface area contributed by atoms with E-state index >= 15 is 0 Å². The maximum atomic E-state index is 10.4. The molecule has 0 bridgehead atoms. The molecule has 0 atom stereocenters. The van der Waals surface area contributed by atoms with Crippen LogP contribution in [0.1, 0.15) is 17.5 Å². The maximum absolute atomic E-state index is 10.4. The summed E-state index contributed by atoms with van der Waals surface area (Å²) in [6, 6.07) is 8.17. The molecule has 14 heavy (non-hydrogen) atoms. The zero-order valence-electron chi connectivity index (χ0n) is 7.87. The van der Waals surface area contributed by atoms with Crippen LogP contribution in [0.2, 0.25) is 0 Å². The van der Waals surface area contributed by atoms with E-state index < -0.39 is 5.97 Å². The first-order valence-corrected chi connectivity index (χ1v) is 6.10. The molecule has 0 amide bonds. The van der Waals surface area contributed by atoms with E-state index in [1.165, 1.54) is 5.56 Å². The van der Waals surface area contributed by atoms with E-state index in [2.05, 4.69) is 34.7 Å². The van der Waals surface area contributed by atoms with E-state index in [1.54, 1.807) is 0 Å². The van der Waals surface area contributed by atoms with Crippen LogP contribution in [-0.2, 0) is 17.6 Å².